The van der Waals surface area contributed by atoms with Gasteiger partial charge in [-0.2, -0.15) is 0 Å². The smallest absolute Gasteiger partial charge is 0.151 e. The lowest BCUT2D eigenvalue weighted by molar-refractivity contribution is 0.0498. The number of ether oxygens (including phenoxy) is 1. The predicted octanol–water partition coefficient (Wildman–Crippen LogP) is 5.15. The quantitative estimate of drug-likeness (QED) is 0.400. The molecule has 0 aliphatic carbocycles. The lowest BCUT2D eigenvalue weighted by Gasteiger charge is -2.29. The molecule has 2 unspecified atom stereocenters. The molecule has 188 valence electrons. The Kier molecular flexibility index (Phi) is 8.22. The van der Waals surface area contributed by atoms with Gasteiger partial charge in [0.1, 0.15) is 30.0 Å². The molecule has 8 heteroatoms. The summed E-state index contributed by atoms with van der Waals surface area (Å²) in [7, 11) is -3.08. The van der Waals surface area contributed by atoms with Crippen molar-refractivity contribution in [2.24, 2.45) is 0 Å². The molecule has 2 heterocycles. The van der Waals surface area contributed by atoms with Crippen molar-refractivity contribution in [3.63, 3.8) is 0 Å². The number of rotatable bonds is 10. The van der Waals surface area contributed by atoms with Crippen LogP contribution in [0.25, 0.3) is 11.3 Å². The molecule has 0 amide bonds. The fraction of sp³-hybridized carbons (Fsp3) is 0.407. The molecule has 2 aromatic carbocycles. The number of nitrogens with zero attached hydrogens (tertiary/aromatic N) is 1. The first-order chi connectivity index (χ1) is 16.7. The van der Waals surface area contributed by atoms with E-state index in [0.29, 0.717) is 41.2 Å². The maximum Gasteiger partial charge on any atom is 0.151 e. The minimum Gasteiger partial charge on any atom is -0.491 e. The molecule has 1 N–H and O–H groups in total. The Labute approximate surface area is 212 Å². The van der Waals surface area contributed by atoms with Gasteiger partial charge in [-0.05, 0) is 54.3 Å². The number of sulfone groups is 1. The van der Waals surface area contributed by atoms with Gasteiger partial charge in [-0.15, -0.1) is 0 Å². The highest BCUT2D eigenvalue weighted by molar-refractivity contribution is 7.91. The lowest BCUT2D eigenvalue weighted by Crippen LogP contribution is -2.42. The first-order valence-corrected chi connectivity index (χ1v) is 14.1. The topological polar surface area (TPSA) is 80.0 Å². The molecule has 4 rings (SSSR count). The number of hydrogen-bond acceptors (Lipinski definition) is 6. The third kappa shape index (κ3) is 7.10. The Balaban J connectivity index is 1.42. The maximum absolute atomic E-state index is 12.1. The van der Waals surface area contributed by atoms with Crippen LogP contribution in [-0.4, -0.2) is 55.2 Å². The summed E-state index contributed by atoms with van der Waals surface area (Å²) in [4.78, 5) is 1.99. The number of furan rings is 1. The first-order valence-electron chi connectivity index (χ1n) is 11.9. The van der Waals surface area contributed by atoms with E-state index in [1.165, 1.54) is 5.56 Å². The fourth-order valence-electron chi connectivity index (χ4n) is 4.33. The second-order valence-corrected chi connectivity index (χ2v) is 12.1. The van der Waals surface area contributed by atoms with Gasteiger partial charge in [0.2, 0.25) is 0 Å². The van der Waals surface area contributed by atoms with Gasteiger partial charge >= 0.3 is 0 Å². The minimum atomic E-state index is -3.08. The molecule has 2 atom stereocenters. The highest BCUT2D eigenvalue weighted by Gasteiger charge is 2.33. The van der Waals surface area contributed by atoms with Gasteiger partial charge < -0.3 is 14.3 Å². The Morgan fingerprint density at radius 2 is 1.91 bits per heavy atom. The first kappa shape index (κ1) is 25.8. The molecule has 0 radical (unpaired) electrons. The molecule has 1 aliphatic rings. The van der Waals surface area contributed by atoms with Crippen molar-refractivity contribution in [1.82, 2.24) is 4.90 Å². The van der Waals surface area contributed by atoms with Crippen molar-refractivity contribution in [3.8, 4) is 17.1 Å². The van der Waals surface area contributed by atoms with Crippen LogP contribution < -0.4 is 4.74 Å². The number of halogens is 1. The molecule has 6 nitrogen and oxygen atoms in total. The average Bonchev–Trinajstić information content (AvgIpc) is 3.43. The second kappa shape index (κ2) is 11.2. The molecule has 35 heavy (non-hydrogen) atoms. The van der Waals surface area contributed by atoms with Crippen molar-refractivity contribution >= 4 is 21.4 Å². The van der Waals surface area contributed by atoms with Crippen LogP contribution in [0, 0.1) is 0 Å². The second-order valence-electron chi connectivity index (χ2n) is 9.45. The highest BCUT2D eigenvalue weighted by Crippen LogP contribution is 2.27. The minimum absolute atomic E-state index is 0.0824. The van der Waals surface area contributed by atoms with Crippen LogP contribution in [0.15, 0.2) is 65.1 Å². The van der Waals surface area contributed by atoms with E-state index >= 15 is 0 Å². The molecular formula is C27H32ClNO5S. The van der Waals surface area contributed by atoms with E-state index in [2.05, 4.69) is 13.8 Å². The van der Waals surface area contributed by atoms with Gasteiger partial charge in [0.25, 0.3) is 0 Å². The van der Waals surface area contributed by atoms with Crippen molar-refractivity contribution in [1.29, 1.82) is 0 Å². The zero-order chi connectivity index (χ0) is 25.0. The third-order valence-corrected chi connectivity index (χ3v) is 8.27. The van der Waals surface area contributed by atoms with Gasteiger partial charge in [0.15, 0.2) is 9.84 Å². The summed E-state index contributed by atoms with van der Waals surface area (Å²) in [6.07, 6.45) is -0.250. The Morgan fingerprint density at radius 3 is 2.57 bits per heavy atom. The van der Waals surface area contributed by atoms with Crippen molar-refractivity contribution in [2.75, 3.05) is 24.7 Å². The summed E-state index contributed by atoms with van der Waals surface area (Å²) >= 11 is 6.10. The van der Waals surface area contributed by atoms with Gasteiger partial charge in [-0.3, -0.25) is 4.90 Å². The predicted molar refractivity (Wildman–Crippen MR) is 139 cm³/mol. The van der Waals surface area contributed by atoms with Crippen LogP contribution >= 0.6 is 11.6 Å². The maximum atomic E-state index is 12.1. The summed E-state index contributed by atoms with van der Waals surface area (Å²) in [5.74, 6) is 2.76. The van der Waals surface area contributed by atoms with Gasteiger partial charge in [0.05, 0.1) is 18.1 Å². The molecular weight excluding hydrogens is 486 g/mol. The van der Waals surface area contributed by atoms with Crippen LogP contribution in [0.1, 0.15) is 37.5 Å². The van der Waals surface area contributed by atoms with Crippen molar-refractivity contribution < 1.29 is 22.7 Å². The molecule has 0 saturated carbocycles. The van der Waals surface area contributed by atoms with Crippen LogP contribution in [0.4, 0.5) is 0 Å². The highest BCUT2D eigenvalue weighted by atomic mass is 35.5. The fourth-order valence-corrected chi connectivity index (χ4v) is 6.28. The molecule has 3 aromatic rings. The number of aliphatic hydroxyl groups is 1. The standard InChI is InChI=1S/C27H32ClNO5S/c1-19(2)20-6-8-25(9-7-20)33-17-24(30)15-29(23-12-13-35(31,32)18-23)16-26-10-11-27(34-26)21-4-3-5-22(28)14-21/h3-11,14,19,23-24,30H,12-13,15-18H2,1-2H3. The largest absolute Gasteiger partial charge is 0.491 e. The average molecular weight is 518 g/mol. The summed E-state index contributed by atoms with van der Waals surface area (Å²) in [5.41, 5.74) is 2.10. The van der Waals surface area contributed by atoms with Crippen LogP contribution in [0.3, 0.4) is 0 Å². The normalized spacial score (nSPS) is 18.3. The van der Waals surface area contributed by atoms with E-state index in [9.17, 15) is 13.5 Å². The summed E-state index contributed by atoms with van der Waals surface area (Å²) in [6, 6.07) is 18.9. The molecule has 1 aromatic heterocycles. The zero-order valence-corrected chi connectivity index (χ0v) is 21.6. The third-order valence-electron chi connectivity index (χ3n) is 6.29. The van der Waals surface area contributed by atoms with Crippen LogP contribution in [-0.2, 0) is 16.4 Å². The molecule has 1 saturated heterocycles. The Hall–Kier alpha value is -2.32. The monoisotopic (exact) mass is 517 g/mol. The molecule has 1 aliphatic heterocycles. The van der Waals surface area contributed by atoms with Crippen molar-refractivity contribution in [2.45, 2.75) is 44.9 Å². The molecule has 0 spiro atoms. The lowest BCUT2D eigenvalue weighted by atomic mass is 10.0. The van der Waals surface area contributed by atoms with E-state index in [4.69, 9.17) is 20.8 Å². The van der Waals surface area contributed by atoms with E-state index < -0.39 is 15.9 Å². The number of hydrogen-bond donors (Lipinski definition) is 1. The molecule has 1 fully saturated rings. The van der Waals surface area contributed by atoms with Crippen LogP contribution in [0.5, 0.6) is 5.75 Å². The zero-order valence-electron chi connectivity index (χ0n) is 20.1. The van der Waals surface area contributed by atoms with Gasteiger partial charge in [-0.25, -0.2) is 8.42 Å². The van der Waals surface area contributed by atoms with Crippen LogP contribution in [0.2, 0.25) is 5.02 Å². The summed E-state index contributed by atoms with van der Waals surface area (Å²) < 4.78 is 36.1. The van der Waals surface area contributed by atoms with Crippen molar-refractivity contribution in [3.05, 3.63) is 77.0 Å². The van der Waals surface area contributed by atoms with E-state index in [1.54, 1.807) is 6.07 Å². The number of benzene rings is 2. The Bertz CT molecular complexity index is 1220. The molecule has 0 bridgehead atoms. The van der Waals surface area contributed by atoms with Gasteiger partial charge in [-0.1, -0.05) is 49.7 Å². The van der Waals surface area contributed by atoms with E-state index in [0.717, 1.165) is 5.56 Å². The summed E-state index contributed by atoms with van der Waals surface area (Å²) in [6.45, 7) is 5.05. The Morgan fingerprint density at radius 1 is 1.14 bits per heavy atom. The number of aliphatic hydroxyl groups excluding tert-OH is 1. The van der Waals surface area contributed by atoms with E-state index in [1.807, 2.05) is 59.5 Å². The van der Waals surface area contributed by atoms with E-state index in [-0.39, 0.29) is 30.7 Å². The van der Waals surface area contributed by atoms with Gasteiger partial charge in [0, 0.05) is 23.2 Å². The SMILES string of the molecule is CC(C)c1ccc(OCC(O)CN(Cc2ccc(-c3cccc(Cl)c3)o2)C2CCS(=O)(=O)C2)cc1. The summed E-state index contributed by atoms with van der Waals surface area (Å²) in [5, 5.41) is 11.4.